The van der Waals surface area contributed by atoms with Gasteiger partial charge in [-0.15, -0.1) is 0 Å². The molecule has 0 aromatic rings. The van der Waals surface area contributed by atoms with Crippen molar-refractivity contribution in [3.8, 4) is 0 Å². The molecule has 0 amide bonds. The molecule has 0 radical (unpaired) electrons. The van der Waals surface area contributed by atoms with Gasteiger partial charge in [0.2, 0.25) is 0 Å². The highest BCUT2D eigenvalue weighted by Crippen LogP contribution is 2.89. The van der Waals surface area contributed by atoms with Crippen LogP contribution in [0.3, 0.4) is 0 Å². The first kappa shape index (κ1) is 35.4. The Hall–Kier alpha value is -0.120. The van der Waals surface area contributed by atoms with Gasteiger partial charge in [0.25, 0.3) is 0 Å². The molecule has 5 fully saturated rings. The van der Waals surface area contributed by atoms with E-state index in [1.165, 1.54) is 44.9 Å². The smallest absolute Gasteiger partial charge is 0.0594 e. The second-order valence-corrected chi connectivity index (χ2v) is 18.0. The first-order chi connectivity index (χ1) is 18.7. The number of hydrogen-bond donors (Lipinski definition) is 1. The van der Waals surface area contributed by atoms with Gasteiger partial charge in [-0.05, 0) is 153 Å². The zero-order valence-electron chi connectivity index (χ0n) is 31.0. The van der Waals surface area contributed by atoms with Gasteiger partial charge < -0.3 is 5.11 Å². The van der Waals surface area contributed by atoms with Crippen LogP contribution in [0.4, 0.5) is 0 Å². The fourth-order valence-corrected chi connectivity index (χ4v) is 12.3. The van der Waals surface area contributed by atoms with Gasteiger partial charge in [0.1, 0.15) is 0 Å². The highest BCUT2D eigenvalue weighted by Gasteiger charge is 2.83. The van der Waals surface area contributed by atoms with E-state index in [1.54, 1.807) is 0 Å². The van der Waals surface area contributed by atoms with Crippen LogP contribution < -0.4 is 0 Å². The lowest BCUT2D eigenvalue weighted by Crippen LogP contribution is -2.62. The molecule has 5 rings (SSSR count). The fraction of sp³-hybridized carbons (Fsp3) is 1.00. The molecule has 3 nitrogen and oxygen atoms in total. The second-order valence-electron chi connectivity index (χ2n) is 18.0. The third-order valence-electron chi connectivity index (χ3n) is 14.9. The highest BCUT2D eigenvalue weighted by molar-refractivity contribution is 5.31. The van der Waals surface area contributed by atoms with Crippen LogP contribution in [-0.4, -0.2) is 58.3 Å². The molecule has 41 heavy (non-hydrogen) atoms. The molecular formula is C38H74N2O. The van der Waals surface area contributed by atoms with Crippen LogP contribution in [0.15, 0.2) is 0 Å². The Balaban J connectivity index is 0.00000111. The molecule has 3 heteroatoms. The van der Waals surface area contributed by atoms with Gasteiger partial charge in [0.05, 0.1) is 6.10 Å². The average molecular weight is 575 g/mol. The van der Waals surface area contributed by atoms with Crippen molar-refractivity contribution in [1.29, 1.82) is 0 Å². The SMILES string of the molecule is CC.CC.CC(C1[C@H](O)C[C@@]2(C)C3CCC4C(C)(C)C(N(C)C(C)(C)C)CCC45CC35CCC12C)N(C)C(C)(C)C. The number of aliphatic hydroxyl groups excluding tert-OH is 1. The lowest BCUT2D eigenvalue weighted by atomic mass is 9.41. The predicted octanol–water partition coefficient (Wildman–Crippen LogP) is 9.67. The van der Waals surface area contributed by atoms with E-state index in [-0.39, 0.29) is 28.0 Å². The molecule has 5 aliphatic rings. The summed E-state index contributed by atoms with van der Waals surface area (Å²) in [6.07, 6.45) is 10.6. The average Bonchev–Trinajstić information content (AvgIpc) is 3.49. The monoisotopic (exact) mass is 575 g/mol. The Kier molecular flexibility index (Phi) is 9.53. The van der Waals surface area contributed by atoms with Crippen LogP contribution in [0, 0.1) is 44.8 Å². The van der Waals surface area contributed by atoms with Crippen molar-refractivity contribution in [3.05, 3.63) is 0 Å². The molecule has 0 aromatic carbocycles. The molecule has 5 saturated carbocycles. The minimum absolute atomic E-state index is 0.118. The molecular weight excluding hydrogens is 500 g/mol. The molecule has 10 atom stereocenters. The van der Waals surface area contributed by atoms with Crippen molar-refractivity contribution in [2.75, 3.05) is 14.1 Å². The summed E-state index contributed by atoms with van der Waals surface area (Å²) in [5, 5.41) is 11.8. The van der Waals surface area contributed by atoms with Crippen molar-refractivity contribution >= 4 is 0 Å². The van der Waals surface area contributed by atoms with Crippen LogP contribution in [-0.2, 0) is 0 Å². The van der Waals surface area contributed by atoms with Crippen molar-refractivity contribution in [2.24, 2.45) is 44.8 Å². The van der Waals surface area contributed by atoms with Crippen LogP contribution in [0.5, 0.6) is 0 Å². The lowest BCUT2D eigenvalue weighted by molar-refractivity contribution is -0.159. The predicted molar refractivity (Wildman–Crippen MR) is 179 cm³/mol. The first-order valence-electron chi connectivity index (χ1n) is 17.8. The van der Waals surface area contributed by atoms with Crippen molar-refractivity contribution < 1.29 is 5.11 Å². The van der Waals surface area contributed by atoms with Gasteiger partial charge in [-0.3, -0.25) is 9.80 Å². The molecule has 0 heterocycles. The molecule has 0 aromatic heterocycles. The summed E-state index contributed by atoms with van der Waals surface area (Å²) in [4.78, 5) is 5.26. The third-order valence-corrected chi connectivity index (χ3v) is 14.9. The summed E-state index contributed by atoms with van der Waals surface area (Å²) in [6, 6.07) is 1.07. The number of hydrogen-bond acceptors (Lipinski definition) is 3. The standard InChI is InChI=1S/C34H62N2O.2C2H6/c1-22(35(12)28(2,3)4)27-23(37)20-32(11)25-15-14-24-30(8,9)26(36(13)29(5,6)7)16-17-33(24)21-34(25,33)19-18-31(27,32)10;2*1-2/h22-27,37H,14-21H2,1-13H3;2*1-2H3/t22?,23-,24?,25?,26?,27?,31?,32+,33?,34?;;/m1../s1. The maximum atomic E-state index is 11.8. The molecule has 0 saturated heterocycles. The maximum absolute atomic E-state index is 11.8. The summed E-state index contributed by atoms with van der Waals surface area (Å²) in [5.41, 5.74) is 2.27. The van der Waals surface area contributed by atoms with Crippen LogP contribution in [0.25, 0.3) is 0 Å². The van der Waals surface area contributed by atoms with Crippen molar-refractivity contribution in [2.45, 2.75) is 184 Å². The molecule has 242 valence electrons. The fourth-order valence-electron chi connectivity index (χ4n) is 12.3. The first-order valence-corrected chi connectivity index (χ1v) is 17.8. The highest BCUT2D eigenvalue weighted by atomic mass is 16.3. The summed E-state index contributed by atoms with van der Waals surface area (Å²) < 4.78 is 0. The van der Waals surface area contributed by atoms with Gasteiger partial charge in [-0.1, -0.05) is 55.4 Å². The summed E-state index contributed by atoms with van der Waals surface area (Å²) in [6.45, 7) is 35.1. The molecule has 1 N–H and O–H groups in total. The van der Waals surface area contributed by atoms with Crippen LogP contribution in [0.1, 0.15) is 155 Å². The zero-order valence-corrected chi connectivity index (χ0v) is 31.0. The maximum Gasteiger partial charge on any atom is 0.0594 e. The molecule has 5 aliphatic carbocycles. The molecule has 0 bridgehead atoms. The van der Waals surface area contributed by atoms with Gasteiger partial charge in [-0.2, -0.15) is 0 Å². The number of nitrogens with zero attached hydrogens (tertiary/aromatic N) is 2. The number of aliphatic hydroxyl groups is 1. The molecule has 0 aliphatic heterocycles. The van der Waals surface area contributed by atoms with Crippen molar-refractivity contribution in [3.63, 3.8) is 0 Å². The van der Waals surface area contributed by atoms with E-state index in [9.17, 15) is 5.11 Å². The Morgan fingerprint density at radius 2 is 1.22 bits per heavy atom. The van der Waals surface area contributed by atoms with Gasteiger partial charge in [-0.25, -0.2) is 0 Å². The quantitative estimate of drug-likeness (QED) is 0.363. The van der Waals surface area contributed by atoms with Gasteiger partial charge in [0, 0.05) is 29.1 Å². The summed E-state index contributed by atoms with van der Waals surface area (Å²) >= 11 is 0. The normalized spacial score (nSPS) is 45.2. The lowest BCUT2D eigenvalue weighted by Gasteiger charge is -2.64. The molecule has 8 unspecified atom stereocenters. The van der Waals surface area contributed by atoms with Crippen LogP contribution >= 0.6 is 0 Å². The van der Waals surface area contributed by atoms with E-state index in [1.807, 2.05) is 27.7 Å². The largest absolute Gasteiger partial charge is 0.393 e. The molecule has 2 spiro atoms. The second kappa shape index (κ2) is 11.0. The third kappa shape index (κ3) is 4.83. The van der Waals surface area contributed by atoms with E-state index >= 15 is 0 Å². The van der Waals surface area contributed by atoms with E-state index in [0.717, 1.165) is 18.3 Å². The van der Waals surface area contributed by atoms with Crippen molar-refractivity contribution in [1.82, 2.24) is 9.80 Å². The number of rotatable bonds is 3. The summed E-state index contributed by atoms with van der Waals surface area (Å²) in [5.74, 6) is 1.99. The minimum Gasteiger partial charge on any atom is -0.393 e. The van der Waals surface area contributed by atoms with Gasteiger partial charge >= 0.3 is 0 Å². The van der Waals surface area contributed by atoms with Crippen LogP contribution in [0.2, 0.25) is 0 Å². The van der Waals surface area contributed by atoms with E-state index in [2.05, 4.69) is 100 Å². The number of fused-ring (bicyclic) bond motifs is 2. The van der Waals surface area contributed by atoms with E-state index in [4.69, 9.17) is 0 Å². The topological polar surface area (TPSA) is 26.7 Å². The Labute approximate surface area is 258 Å². The van der Waals surface area contributed by atoms with E-state index in [0.29, 0.717) is 34.2 Å². The zero-order chi connectivity index (χ0) is 31.8. The Bertz CT molecular complexity index is 914. The van der Waals surface area contributed by atoms with E-state index < -0.39 is 0 Å². The Morgan fingerprint density at radius 3 is 1.73 bits per heavy atom. The minimum atomic E-state index is -0.176. The summed E-state index contributed by atoms with van der Waals surface area (Å²) in [7, 11) is 4.68. The van der Waals surface area contributed by atoms with Gasteiger partial charge in [0.15, 0.2) is 0 Å². The Morgan fingerprint density at radius 1 is 0.707 bits per heavy atom.